The van der Waals surface area contributed by atoms with E-state index in [0.29, 0.717) is 22.9 Å². The first-order chi connectivity index (χ1) is 16.8. The first-order valence-corrected chi connectivity index (χ1v) is 12.5. The summed E-state index contributed by atoms with van der Waals surface area (Å²) < 4.78 is 33.8. The van der Waals surface area contributed by atoms with E-state index < -0.39 is 15.9 Å². The fourth-order valence-electron chi connectivity index (χ4n) is 3.48. The minimum Gasteiger partial charge on any atom is -0.457 e. The van der Waals surface area contributed by atoms with Gasteiger partial charge in [0.15, 0.2) is 0 Å². The zero-order valence-corrected chi connectivity index (χ0v) is 20.3. The van der Waals surface area contributed by atoms with Gasteiger partial charge in [-0.2, -0.15) is 0 Å². The van der Waals surface area contributed by atoms with Crippen LogP contribution in [-0.4, -0.2) is 20.9 Å². The van der Waals surface area contributed by atoms with Crippen molar-refractivity contribution in [3.63, 3.8) is 0 Å². The van der Waals surface area contributed by atoms with Crippen molar-refractivity contribution in [3.8, 4) is 11.5 Å². The molecular weight excluding hydrogens is 460 g/mol. The molecule has 4 rings (SSSR count). The van der Waals surface area contributed by atoms with Crippen molar-refractivity contribution >= 4 is 27.3 Å². The summed E-state index contributed by atoms with van der Waals surface area (Å²) in [5, 5.41) is 2.78. The largest absolute Gasteiger partial charge is 0.457 e. The Labute approximate surface area is 205 Å². The van der Waals surface area contributed by atoms with Crippen LogP contribution in [-0.2, 0) is 14.8 Å². The molecule has 1 N–H and O–H groups in total. The predicted octanol–water partition coefficient (Wildman–Crippen LogP) is 5.93. The SMILES string of the molecule is Cc1ccc(N(CC(=O)Nc2ccc(Oc3ccccc3)cc2)S(=O)(=O)c2ccccc2)cc1C. The van der Waals surface area contributed by atoms with Gasteiger partial charge in [0.05, 0.1) is 10.6 Å². The van der Waals surface area contributed by atoms with Gasteiger partial charge in [0.2, 0.25) is 5.91 Å². The van der Waals surface area contributed by atoms with Crippen LogP contribution in [0.5, 0.6) is 11.5 Å². The van der Waals surface area contributed by atoms with Crippen molar-refractivity contribution in [1.29, 1.82) is 0 Å². The van der Waals surface area contributed by atoms with E-state index in [1.807, 2.05) is 50.2 Å². The van der Waals surface area contributed by atoms with Crippen molar-refractivity contribution in [2.24, 2.45) is 0 Å². The van der Waals surface area contributed by atoms with E-state index in [9.17, 15) is 13.2 Å². The molecule has 6 nitrogen and oxygen atoms in total. The van der Waals surface area contributed by atoms with Crippen LogP contribution in [0.1, 0.15) is 11.1 Å². The molecule has 0 bridgehead atoms. The second kappa shape index (κ2) is 10.4. The van der Waals surface area contributed by atoms with Crippen molar-refractivity contribution in [3.05, 3.63) is 114 Å². The molecule has 0 atom stereocenters. The summed E-state index contributed by atoms with van der Waals surface area (Å²) in [5.41, 5.74) is 2.93. The van der Waals surface area contributed by atoms with Gasteiger partial charge in [0.25, 0.3) is 10.0 Å². The Bertz CT molecular complexity index is 1400. The molecule has 0 aliphatic carbocycles. The predicted molar refractivity (Wildman–Crippen MR) is 138 cm³/mol. The summed E-state index contributed by atoms with van der Waals surface area (Å²) in [6, 6.07) is 29.7. The molecule has 4 aromatic rings. The molecule has 178 valence electrons. The summed E-state index contributed by atoms with van der Waals surface area (Å²) in [6.07, 6.45) is 0. The van der Waals surface area contributed by atoms with Gasteiger partial charge in [0, 0.05) is 5.69 Å². The molecule has 0 aliphatic rings. The number of carbonyl (C=O) groups is 1. The van der Waals surface area contributed by atoms with E-state index in [2.05, 4.69) is 5.32 Å². The van der Waals surface area contributed by atoms with Gasteiger partial charge in [-0.05, 0) is 85.6 Å². The number of amides is 1. The minimum atomic E-state index is -3.96. The summed E-state index contributed by atoms with van der Waals surface area (Å²) in [4.78, 5) is 13.1. The summed E-state index contributed by atoms with van der Waals surface area (Å²) in [6.45, 7) is 3.49. The zero-order valence-electron chi connectivity index (χ0n) is 19.5. The zero-order chi connectivity index (χ0) is 24.8. The number of sulfonamides is 1. The number of nitrogens with zero attached hydrogens (tertiary/aromatic N) is 1. The van der Waals surface area contributed by atoms with Gasteiger partial charge in [-0.1, -0.05) is 42.5 Å². The fourth-order valence-corrected chi connectivity index (χ4v) is 4.91. The molecule has 0 saturated carbocycles. The Balaban J connectivity index is 1.54. The molecule has 0 aromatic heterocycles. The molecule has 1 amide bonds. The van der Waals surface area contributed by atoms with Gasteiger partial charge in [-0.3, -0.25) is 9.10 Å². The van der Waals surface area contributed by atoms with Crippen LogP contribution in [0.2, 0.25) is 0 Å². The van der Waals surface area contributed by atoms with Crippen LogP contribution in [0.4, 0.5) is 11.4 Å². The van der Waals surface area contributed by atoms with Gasteiger partial charge in [-0.15, -0.1) is 0 Å². The van der Waals surface area contributed by atoms with Crippen LogP contribution in [0, 0.1) is 13.8 Å². The number of hydrogen-bond acceptors (Lipinski definition) is 4. The molecule has 0 heterocycles. The average molecular weight is 487 g/mol. The minimum absolute atomic E-state index is 0.119. The van der Waals surface area contributed by atoms with E-state index >= 15 is 0 Å². The number of ether oxygens (including phenoxy) is 1. The molecule has 0 fully saturated rings. The third kappa shape index (κ3) is 5.88. The lowest BCUT2D eigenvalue weighted by molar-refractivity contribution is -0.114. The standard InChI is InChI=1S/C28H26N2O4S/c1-21-13-16-24(19-22(21)2)30(35(32,33)27-11-7-4-8-12-27)20-28(31)29-23-14-17-26(18-15-23)34-25-9-5-3-6-10-25/h3-19H,20H2,1-2H3,(H,29,31). The monoisotopic (exact) mass is 486 g/mol. The molecule has 0 aliphatic heterocycles. The highest BCUT2D eigenvalue weighted by Crippen LogP contribution is 2.26. The number of para-hydroxylation sites is 1. The molecule has 0 radical (unpaired) electrons. The summed E-state index contributed by atoms with van der Waals surface area (Å²) in [7, 11) is -3.96. The lowest BCUT2D eigenvalue weighted by atomic mass is 10.1. The van der Waals surface area contributed by atoms with Crippen molar-refractivity contribution in [1.82, 2.24) is 0 Å². The third-order valence-corrected chi connectivity index (χ3v) is 7.30. The number of benzene rings is 4. The molecule has 0 saturated heterocycles. The van der Waals surface area contributed by atoms with Crippen LogP contribution in [0.15, 0.2) is 108 Å². The van der Waals surface area contributed by atoms with Crippen molar-refractivity contribution in [2.45, 2.75) is 18.7 Å². The maximum atomic E-state index is 13.5. The van der Waals surface area contributed by atoms with Crippen molar-refractivity contribution in [2.75, 3.05) is 16.2 Å². The Morgan fingerprint density at radius 3 is 2.00 bits per heavy atom. The Kier molecular flexibility index (Phi) is 7.17. The number of aryl methyl sites for hydroxylation is 2. The van der Waals surface area contributed by atoms with E-state index in [0.717, 1.165) is 15.4 Å². The topological polar surface area (TPSA) is 75.7 Å². The number of anilines is 2. The van der Waals surface area contributed by atoms with Crippen LogP contribution in [0.3, 0.4) is 0 Å². The molecule has 4 aromatic carbocycles. The second-order valence-electron chi connectivity index (χ2n) is 8.08. The Morgan fingerprint density at radius 2 is 1.37 bits per heavy atom. The van der Waals surface area contributed by atoms with Crippen molar-refractivity contribution < 1.29 is 17.9 Å². The maximum absolute atomic E-state index is 13.5. The van der Waals surface area contributed by atoms with E-state index in [4.69, 9.17) is 4.74 Å². The highest BCUT2D eigenvalue weighted by atomic mass is 32.2. The lowest BCUT2D eigenvalue weighted by Crippen LogP contribution is -2.38. The molecular formula is C28H26N2O4S. The summed E-state index contributed by atoms with van der Waals surface area (Å²) >= 11 is 0. The van der Waals surface area contributed by atoms with Gasteiger partial charge in [-0.25, -0.2) is 8.42 Å². The lowest BCUT2D eigenvalue weighted by Gasteiger charge is -2.25. The highest BCUT2D eigenvalue weighted by molar-refractivity contribution is 7.92. The second-order valence-corrected chi connectivity index (χ2v) is 9.94. The van der Waals surface area contributed by atoms with Gasteiger partial charge in [0.1, 0.15) is 18.0 Å². The number of carbonyl (C=O) groups excluding carboxylic acids is 1. The first-order valence-electron chi connectivity index (χ1n) is 11.1. The Morgan fingerprint density at radius 1 is 0.771 bits per heavy atom. The van der Waals surface area contributed by atoms with Gasteiger partial charge < -0.3 is 10.1 Å². The first kappa shape index (κ1) is 24.0. The normalized spacial score (nSPS) is 11.0. The van der Waals surface area contributed by atoms with Gasteiger partial charge >= 0.3 is 0 Å². The number of hydrogen-bond donors (Lipinski definition) is 1. The fraction of sp³-hybridized carbons (Fsp3) is 0.107. The maximum Gasteiger partial charge on any atom is 0.264 e. The van der Waals surface area contributed by atoms with Crippen LogP contribution < -0.4 is 14.4 Å². The molecule has 7 heteroatoms. The molecule has 0 spiro atoms. The van der Waals surface area contributed by atoms with E-state index in [1.54, 1.807) is 54.6 Å². The van der Waals surface area contributed by atoms with Crippen LogP contribution >= 0.6 is 0 Å². The quantitative estimate of drug-likeness (QED) is 0.335. The number of nitrogens with one attached hydrogen (secondary N) is 1. The number of rotatable bonds is 8. The molecule has 0 unspecified atom stereocenters. The Hall–Kier alpha value is -4.10. The smallest absolute Gasteiger partial charge is 0.264 e. The average Bonchev–Trinajstić information content (AvgIpc) is 2.87. The van der Waals surface area contributed by atoms with E-state index in [1.165, 1.54) is 12.1 Å². The third-order valence-electron chi connectivity index (χ3n) is 5.51. The van der Waals surface area contributed by atoms with E-state index in [-0.39, 0.29) is 11.4 Å². The highest BCUT2D eigenvalue weighted by Gasteiger charge is 2.27. The molecule has 35 heavy (non-hydrogen) atoms. The summed E-state index contributed by atoms with van der Waals surface area (Å²) in [5.74, 6) is 0.872. The van der Waals surface area contributed by atoms with Crippen LogP contribution in [0.25, 0.3) is 0 Å².